The predicted octanol–water partition coefficient (Wildman–Crippen LogP) is -6.05. The molecule has 0 aromatic carbocycles. The Balaban J connectivity index is 1.67. The summed E-state index contributed by atoms with van der Waals surface area (Å²) in [5, 5.41) is 101. The van der Waals surface area contributed by atoms with Crippen LogP contribution in [0.3, 0.4) is 0 Å². The van der Waals surface area contributed by atoms with E-state index in [1.54, 1.807) is 6.92 Å². The Kier molecular flexibility index (Phi) is 11.4. The number of carbonyl (C=O) groups is 1. The van der Waals surface area contributed by atoms with Crippen LogP contribution in [0.15, 0.2) is 11.6 Å². The first-order valence-electron chi connectivity index (χ1n) is 12.6. The van der Waals surface area contributed by atoms with Gasteiger partial charge in [-0.2, -0.15) is 0 Å². The molecule has 3 fully saturated rings. The van der Waals surface area contributed by atoms with Gasteiger partial charge in [0, 0.05) is 5.57 Å². The third kappa shape index (κ3) is 6.64. The van der Waals surface area contributed by atoms with Gasteiger partial charge >= 0.3 is 5.97 Å². The van der Waals surface area contributed by atoms with Crippen LogP contribution in [0.4, 0.5) is 0 Å². The number of carbonyl (C=O) groups excluding carboxylic acids is 1. The molecule has 0 aromatic heterocycles. The number of allylic oxidation sites excluding steroid dienone is 1. The van der Waals surface area contributed by atoms with Crippen molar-refractivity contribution < 1.29 is 84.3 Å². The predicted molar refractivity (Wildman–Crippen MR) is 125 cm³/mol. The molecule has 17 heteroatoms. The molecule has 3 heterocycles. The fraction of sp³-hybridized carbons (Fsp3) is 0.870. The number of ether oxygens (including phenoxy) is 6. The Labute approximate surface area is 228 Å². The van der Waals surface area contributed by atoms with Gasteiger partial charge in [-0.25, -0.2) is 4.79 Å². The van der Waals surface area contributed by atoms with Crippen molar-refractivity contribution in [3.63, 3.8) is 0 Å². The van der Waals surface area contributed by atoms with Crippen LogP contribution in [-0.4, -0.2) is 169 Å². The molecule has 0 spiro atoms. The van der Waals surface area contributed by atoms with Gasteiger partial charge in [-0.15, -0.1) is 0 Å². The van der Waals surface area contributed by atoms with Gasteiger partial charge in [0.05, 0.1) is 13.2 Å². The Hall–Kier alpha value is -1.39. The maximum absolute atomic E-state index is 11.9. The molecule has 0 bridgehead atoms. The van der Waals surface area contributed by atoms with Crippen molar-refractivity contribution in [1.29, 1.82) is 0 Å². The number of hydrogen-bond acceptors (Lipinski definition) is 17. The van der Waals surface area contributed by atoms with E-state index in [-0.39, 0.29) is 5.57 Å². The lowest BCUT2D eigenvalue weighted by Gasteiger charge is -2.44. The van der Waals surface area contributed by atoms with Crippen molar-refractivity contribution >= 4 is 5.97 Å². The zero-order valence-corrected chi connectivity index (χ0v) is 21.7. The quantitative estimate of drug-likeness (QED) is 0.0842. The van der Waals surface area contributed by atoms with E-state index >= 15 is 0 Å². The van der Waals surface area contributed by atoms with E-state index in [0.717, 1.165) is 0 Å². The summed E-state index contributed by atoms with van der Waals surface area (Å²) in [4.78, 5) is 11.9. The third-order valence-electron chi connectivity index (χ3n) is 7.12. The molecule has 232 valence electrons. The number of hydrogen-bond donors (Lipinski definition) is 10. The zero-order chi connectivity index (χ0) is 29.9. The molecule has 3 rings (SSSR count). The molecule has 10 N–H and O–H groups in total. The highest BCUT2D eigenvalue weighted by Crippen LogP contribution is 2.36. The Morgan fingerprint density at radius 1 is 0.775 bits per heavy atom. The highest BCUT2D eigenvalue weighted by atomic mass is 16.8. The molecule has 0 unspecified atom stereocenters. The van der Waals surface area contributed by atoms with Crippen LogP contribution in [-0.2, 0) is 33.2 Å². The van der Waals surface area contributed by atoms with Crippen molar-refractivity contribution in [2.24, 2.45) is 0 Å². The average Bonchev–Trinajstić information content (AvgIpc) is 3.20. The van der Waals surface area contributed by atoms with Gasteiger partial charge in [0.2, 0.25) is 5.79 Å². The van der Waals surface area contributed by atoms with E-state index in [1.807, 2.05) is 0 Å². The van der Waals surface area contributed by atoms with Gasteiger partial charge in [0.15, 0.2) is 12.6 Å². The van der Waals surface area contributed by atoms with Crippen LogP contribution >= 0.6 is 0 Å². The van der Waals surface area contributed by atoms with Crippen LogP contribution in [0, 0.1) is 0 Å². The van der Waals surface area contributed by atoms with Crippen molar-refractivity contribution in [2.45, 2.75) is 99.4 Å². The number of rotatable bonds is 10. The zero-order valence-electron chi connectivity index (χ0n) is 21.7. The molecule has 0 amide bonds. The summed E-state index contributed by atoms with van der Waals surface area (Å²) in [6, 6.07) is 0. The molecule has 0 aromatic rings. The summed E-state index contributed by atoms with van der Waals surface area (Å²) in [6.07, 6.45) is -20.8. The molecule has 0 radical (unpaired) electrons. The van der Waals surface area contributed by atoms with Crippen LogP contribution < -0.4 is 0 Å². The van der Waals surface area contributed by atoms with E-state index in [9.17, 15) is 55.9 Å². The molecule has 3 aliphatic rings. The molecule has 0 aliphatic carbocycles. The summed E-state index contributed by atoms with van der Waals surface area (Å²) in [7, 11) is 0. The van der Waals surface area contributed by atoms with E-state index in [4.69, 9.17) is 28.4 Å². The SMILES string of the molecule is C/C=C(\C)C(=O)OC[C@@H]1O[C@H](OC[C@@H]2O[C@H](O[C@]3(CO)O[C@H](CO)[C@@H](O)[C@@H]3O)[C@@H](O)[C@H](O)[C@@H]2O)[C@@H](O)[C@H](O)[C@H]1O. The Morgan fingerprint density at radius 2 is 1.32 bits per heavy atom. The van der Waals surface area contributed by atoms with Gasteiger partial charge in [-0.3, -0.25) is 0 Å². The van der Waals surface area contributed by atoms with Gasteiger partial charge in [0.25, 0.3) is 0 Å². The number of esters is 1. The van der Waals surface area contributed by atoms with Gasteiger partial charge in [-0.1, -0.05) is 6.08 Å². The largest absolute Gasteiger partial charge is 0.459 e. The second-order valence-corrected chi connectivity index (χ2v) is 9.79. The summed E-state index contributed by atoms with van der Waals surface area (Å²) in [5.41, 5.74) is 0.277. The van der Waals surface area contributed by atoms with E-state index in [2.05, 4.69) is 0 Å². The molecule has 40 heavy (non-hydrogen) atoms. The molecular formula is C23H38O17. The highest BCUT2D eigenvalue weighted by molar-refractivity contribution is 5.87. The summed E-state index contributed by atoms with van der Waals surface area (Å²) >= 11 is 0. The van der Waals surface area contributed by atoms with Crippen LogP contribution in [0.2, 0.25) is 0 Å². The summed E-state index contributed by atoms with van der Waals surface area (Å²) in [6.45, 7) is 0.103. The standard InChI is InChI=1S/C23H38O17/c1-3-8(2)20(34)35-5-10-12(26)15(29)17(31)21(37-10)36-6-11-13(27)16(30)18(32)22(38-11)40-23(7-25)19(33)14(28)9(4-24)39-23/h3,9-19,21-22,24-33H,4-7H2,1-2H3/b8-3+/t9-,10+,11+,12+,13-,14-,15-,16-,17+,18+,19+,21+,22-,23+/m1/s1. The average molecular weight is 587 g/mol. The molecule has 3 aliphatic heterocycles. The minimum absolute atomic E-state index is 0.277. The molecular weight excluding hydrogens is 548 g/mol. The fourth-order valence-corrected chi connectivity index (χ4v) is 4.39. The molecule has 3 saturated heterocycles. The fourth-order valence-electron chi connectivity index (χ4n) is 4.39. The second kappa shape index (κ2) is 13.7. The number of aliphatic hydroxyl groups excluding tert-OH is 10. The van der Waals surface area contributed by atoms with E-state index in [1.165, 1.54) is 13.0 Å². The van der Waals surface area contributed by atoms with Crippen molar-refractivity contribution in [3.8, 4) is 0 Å². The minimum atomic E-state index is -2.38. The first kappa shape index (κ1) is 33.1. The van der Waals surface area contributed by atoms with Crippen LogP contribution in [0.5, 0.6) is 0 Å². The van der Waals surface area contributed by atoms with Crippen molar-refractivity contribution in [3.05, 3.63) is 11.6 Å². The normalized spacial score (nSPS) is 46.4. The third-order valence-corrected chi connectivity index (χ3v) is 7.12. The highest BCUT2D eigenvalue weighted by Gasteiger charge is 2.58. The Morgan fingerprint density at radius 3 is 1.85 bits per heavy atom. The lowest BCUT2D eigenvalue weighted by molar-refractivity contribution is -0.388. The number of aliphatic hydroxyl groups is 10. The monoisotopic (exact) mass is 586 g/mol. The van der Waals surface area contributed by atoms with Gasteiger partial charge < -0.3 is 79.5 Å². The maximum atomic E-state index is 11.9. The maximum Gasteiger partial charge on any atom is 0.333 e. The van der Waals surface area contributed by atoms with Crippen LogP contribution in [0.25, 0.3) is 0 Å². The summed E-state index contributed by atoms with van der Waals surface area (Å²) in [5.74, 6) is -3.09. The smallest absolute Gasteiger partial charge is 0.333 e. The van der Waals surface area contributed by atoms with Crippen LogP contribution in [0.1, 0.15) is 13.8 Å². The van der Waals surface area contributed by atoms with Gasteiger partial charge in [0.1, 0.15) is 80.4 Å². The Bertz CT molecular complexity index is 872. The second-order valence-electron chi connectivity index (χ2n) is 9.79. The topological polar surface area (TPSA) is 275 Å². The first-order valence-corrected chi connectivity index (χ1v) is 12.6. The van der Waals surface area contributed by atoms with E-state index in [0.29, 0.717) is 0 Å². The molecule has 17 nitrogen and oxygen atoms in total. The summed E-state index contributed by atoms with van der Waals surface area (Å²) < 4.78 is 32.0. The van der Waals surface area contributed by atoms with Crippen molar-refractivity contribution in [1.82, 2.24) is 0 Å². The lowest BCUT2D eigenvalue weighted by atomic mass is 9.98. The van der Waals surface area contributed by atoms with Crippen molar-refractivity contribution in [2.75, 3.05) is 26.4 Å². The first-order chi connectivity index (χ1) is 18.8. The van der Waals surface area contributed by atoms with E-state index < -0.39 is 118 Å². The molecule has 0 saturated carbocycles. The van der Waals surface area contributed by atoms with Gasteiger partial charge in [-0.05, 0) is 13.8 Å². The molecule has 14 atom stereocenters. The lowest BCUT2D eigenvalue weighted by Crippen LogP contribution is -2.63. The minimum Gasteiger partial charge on any atom is -0.459 e.